The molecule has 0 saturated heterocycles. The van der Waals surface area contributed by atoms with Gasteiger partial charge in [-0.3, -0.25) is 10.1 Å². The van der Waals surface area contributed by atoms with Crippen molar-refractivity contribution in [3.05, 3.63) is 45.8 Å². The fourth-order valence-electron chi connectivity index (χ4n) is 2.86. The average Bonchev–Trinajstić information content (AvgIpc) is 3.28. The van der Waals surface area contributed by atoms with Gasteiger partial charge in [-0.05, 0) is 53.5 Å². The second kappa shape index (κ2) is 8.66. The van der Waals surface area contributed by atoms with Crippen molar-refractivity contribution in [3.8, 4) is 5.75 Å². The summed E-state index contributed by atoms with van der Waals surface area (Å²) in [4.78, 5) is 14.2. The van der Waals surface area contributed by atoms with Gasteiger partial charge in [0.1, 0.15) is 27.3 Å². The lowest BCUT2D eigenvalue weighted by Crippen LogP contribution is -2.30. The minimum absolute atomic E-state index is 0.0394. The number of aryl methyl sites for hydroxylation is 1. The van der Waals surface area contributed by atoms with Gasteiger partial charge in [-0.15, -0.1) is 0 Å². The lowest BCUT2D eigenvalue weighted by molar-refractivity contribution is -1.03. The second-order valence-electron chi connectivity index (χ2n) is 6.84. The molecule has 2 heterocycles. The molecule has 0 saturated carbocycles. The van der Waals surface area contributed by atoms with Crippen molar-refractivity contribution in [2.75, 3.05) is 24.7 Å². The fraction of sp³-hybridized carbons (Fsp3) is 0.316. The molecule has 4 N–H and O–H groups in total. The standard InChI is InChI=1S/C19H22BrN5O5/c1-5-12(14-9-6-10(2)29-14)21-17-18(25(28)30-23-17)22-13-8-7-11(20)15(16(13)26)19(27)24(3)4/h6-9,12,28H,5H2,1-4H3,(H2,21,23,26,27)/p+1/t12-/m1/s1. The number of halogens is 1. The first kappa shape index (κ1) is 21.5. The van der Waals surface area contributed by atoms with Crippen LogP contribution in [0, 0.1) is 6.92 Å². The molecule has 0 unspecified atom stereocenters. The zero-order valence-corrected chi connectivity index (χ0v) is 18.5. The van der Waals surface area contributed by atoms with E-state index in [1.165, 1.54) is 4.90 Å². The molecule has 1 atom stereocenters. The van der Waals surface area contributed by atoms with E-state index in [9.17, 15) is 15.1 Å². The number of carbonyl (C=O) groups excluding carboxylic acids is 1. The third-order valence-corrected chi connectivity index (χ3v) is 5.11. The topological polar surface area (TPSA) is 128 Å². The molecule has 2 aromatic heterocycles. The van der Waals surface area contributed by atoms with E-state index in [0.29, 0.717) is 21.6 Å². The van der Waals surface area contributed by atoms with Crippen LogP contribution in [-0.2, 0) is 0 Å². The summed E-state index contributed by atoms with van der Waals surface area (Å²) >= 11 is 3.28. The predicted octanol–water partition coefficient (Wildman–Crippen LogP) is 3.58. The summed E-state index contributed by atoms with van der Waals surface area (Å²) in [5, 5.41) is 30.5. The van der Waals surface area contributed by atoms with Gasteiger partial charge in [0.05, 0.1) is 11.6 Å². The Bertz CT molecular complexity index is 1060. The fourth-order valence-corrected chi connectivity index (χ4v) is 3.35. The monoisotopic (exact) mass is 480 g/mol. The maximum Gasteiger partial charge on any atom is 0.370 e. The lowest BCUT2D eigenvalue weighted by atomic mass is 10.1. The minimum atomic E-state index is -0.386. The number of phenols is 1. The van der Waals surface area contributed by atoms with Gasteiger partial charge in [-0.1, -0.05) is 11.6 Å². The zero-order chi connectivity index (χ0) is 22.0. The Morgan fingerprint density at radius 3 is 2.67 bits per heavy atom. The number of rotatable bonds is 7. The minimum Gasteiger partial charge on any atom is -0.504 e. The number of phenolic OH excluding ortho intramolecular Hbond substituents is 1. The van der Waals surface area contributed by atoms with E-state index in [2.05, 4.69) is 31.7 Å². The van der Waals surface area contributed by atoms with Crippen LogP contribution >= 0.6 is 15.9 Å². The van der Waals surface area contributed by atoms with Crippen molar-refractivity contribution in [1.29, 1.82) is 0 Å². The summed E-state index contributed by atoms with van der Waals surface area (Å²) in [7, 11) is 3.17. The molecule has 0 aliphatic carbocycles. The van der Waals surface area contributed by atoms with Gasteiger partial charge in [0.2, 0.25) is 0 Å². The molecule has 0 aliphatic rings. The molecule has 0 radical (unpaired) electrons. The molecule has 0 fully saturated rings. The average molecular weight is 481 g/mol. The van der Waals surface area contributed by atoms with Crippen LogP contribution in [0.4, 0.5) is 17.3 Å². The molecule has 0 spiro atoms. The molecule has 30 heavy (non-hydrogen) atoms. The van der Waals surface area contributed by atoms with Gasteiger partial charge in [-0.25, -0.2) is 0 Å². The Labute approximate surface area is 181 Å². The number of carbonyl (C=O) groups is 1. The third-order valence-electron chi connectivity index (χ3n) is 4.45. The summed E-state index contributed by atoms with van der Waals surface area (Å²) in [5.74, 6) is 1.04. The number of amides is 1. The van der Waals surface area contributed by atoms with Crippen molar-refractivity contribution < 1.29 is 29.1 Å². The Kier molecular flexibility index (Phi) is 6.20. The van der Waals surface area contributed by atoms with Crippen LogP contribution in [0.5, 0.6) is 5.75 Å². The molecule has 3 rings (SSSR count). The highest BCUT2D eigenvalue weighted by Gasteiger charge is 2.30. The van der Waals surface area contributed by atoms with E-state index >= 15 is 0 Å². The molecule has 0 bridgehead atoms. The van der Waals surface area contributed by atoms with Crippen molar-refractivity contribution in [2.45, 2.75) is 26.3 Å². The number of aromatic hydroxyl groups is 1. The molecule has 3 aromatic rings. The summed E-state index contributed by atoms with van der Waals surface area (Å²) in [6.45, 7) is 3.82. The van der Waals surface area contributed by atoms with Gasteiger partial charge in [0.25, 0.3) is 5.91 Å². The summed E-state index contributed by atoms with van der Waals surface area (Å²) in [6, 6.07) is 6.65. The normalized spacial score (nSPS) is 11.9. The SMILES string of the molecule is CC[C@@H](Nc1no[n+](O)c1Nc1ccc(Br)c(C(=O)N(C)C)c1O)c1ccc(C)o1. The Balaban J connectivity index is 1.93. The first-order valence-corrected chi connectivity index (χ1v) is 9.96. The van der Waals surface area contributed by atoms with E-state index in [1.807, 2.05) is 26.0 Å². The molecule has 11 heteroatoms. The number of aromatic nitrogens is 2. The third kappa shape index (κ3) is 4.20. The Hall–Kier alpha value is -3.21. The van der Waals surface area contributed by atoms with Crippen molar-refractivity contribution in [1.82, 2.24) is 10.1 Å². The molecular weight excluding hydrogens is 458 g/mol. The number of hydrogen-bond acceptors (Lipinski definition) is 8. The quantitative estimate of drug-likeness (QED) is 0.298. The number of benzene rings is 1. The Morgan fingerprint density at radius 2 is 2.07 bits per heavy atom. The highest BCUT2D eigenvalue weighted by molar-refractivity contribution is 9.10. The summed E-state index contributed by atoms with van der Waals surface area (Å²) in [6.07, 6.45) is 0.676. The van der Waals surface area contributed by atoms with Crippen LogP contribution < -0.4 is 15.5 Å². The molecule has 160 valence electrons. The first-order valence-electron chi connectivity index (χ1n) is 9.17. The predicted molar refractivity (Wildman–Crippen MR) is 111 cm³/mol. The number of furan rings is 1. The number of hydrogen-bond donors (Lipinski definition) is 4. The van der Waals surface area contributed by atoms with Crippen LogP contribution in [0.1, 0.15) is 41.3 Å². The van der Waals surface area contributed by atoms with E-state index in [-0.39, 0.29) is 40.6 Å². The number of anilines is 3. The molecule has 1 amide bonds. The summed E-state index contributed by atoms with van der Waals surface area (Å²) < 4.78 is 10.9. The zero-order valence-electron chi connectivity index (χ0n) is 16.9. The van der Waals surface area contributed by atoms with Gasteiger partial charge < -0.3 is 24.9 Å². The second-order valence-corrected chi connectivity index (χ2v) is 7.69. The van der Waals surface area contributed by atoms with E-state index < -0.39 is 0 Å². The lowest BCUT2D eigenvalue weighted by Gasteiger charge is -2.15. The first-order chi connectivity index (χ1) is 14.2. The summed E-state index contributed by atoms with van der Waals surface area (Å²) in [5.41, 5.74) is 0.261. The van der Waals surface area contributed by atoms with E-state index in [1.54, 1.807) is 26.2 Å². The van der Waals surface area contributed by atoms with Crippen LogP contribution in [0.25, 0.3) is 0 Å². The van der Waals surface area contributed by atoms with Crippen molar-refractivity contribution in [2.24, 2.45) is 0 Å². The van der Waals surface area contributed by atoms with E-state index in [0.717, 1.165) is 5.76 Å². The Morgan fingerprint density at radius 1 is 1.33 bits per heavy atom. The molecular formula is C19H23BrN5O5+. The maximum absolute atomic E-state index is 12.4. The van der Waals surface area contributed by atoms with E-state index in [4.69, 9.17) is 9.05 Å². The largest absolute Gasteiger partial charge is 0.504 e. The van der Waals surface area contributed by atoms with Crippen LogP contribution in [0.2, 0.25) is 0 Å². The highest BCUT2D eigenvalue weighted by atomic mass is 79.9. The van der Waals surface area contributed by atoms with Gasteiger partial charge in [-0.2, -0.15) is 0 Å². The smallest absolute Gasteiger partial charge is 0.370 e. The van der Waals surface area contributed by atoms with Gasteiger partial charge >= 0.3 is 11.6 Å². The van der Waals surface area contributed by atoms with Crippen LogP contribution in [0.15, 0.2) is 37.8 Å². The van der Waals surface area contributed by atoms with Gasteiger partial charge in [0, 0.05) is 18.6 Å². The number of nitrogens with one attached hydrogen (secondary N) is 2. The van der Waals surface area contributed by atoms with Gasteiger partial charge in [0.15, 0.2) is 5.75 Å². The number of nitrogens with zero attached hydrogens (tertiary/aromatic N) is 3. The molecule has 1 aromatic carbocycles. The van der Waals surface area contributed by atoms with Crippen molar-refractivity contribution >= 4 is 39.2 Å². The van der Waals surface area contributed by atoms with Crippen LogP contribution in [0.3, 0.4) is 0 Å². The maximum atomic E-state index is 12.4. The van der Waals surface area contributed by atoms with Crippen molar-refractivity contribution in [3.63, 3.8) is 0 Å². The molecule has 10 nitrogen and oxygen atoms in total. The molecule has 0 aliphatic heterocycles. The van der Waals surface area contributed by atoms with Crippen LogP contribution in [-0.4, -0.2) is 40.4 Å². The highest BCUT2D eigenvalue weighted by Crippen LogP contribution is 2.36.